The van der Waals surface area contributed by atoms with Gasteiger partial charge in [-0.2, -0.15) is 4.31 Å². The largest absolute Gasteiger partial charge is 0.457 e. The van der Waals surface area contributed by atoms with Crippen molar-refractivity contribution in [3.8, 4) is 0 Å². The second-order valence-corrected chi connectivity index (χ2v) is 9.49. The first-order valence-corrected chi connectivity index (χ1v) is 11.5. The molecule has 3 rings (SSSR count). The molecule has 0 radical (unpaired) electrons. The highest BCUT2D eigenvalue weighted by Crippen LogP contribution is 2.27. The fourth-order valence-electron chi connectivity index (χ4n) is 3.37. The van der Waals surface area contributed by atoms with Crippen LogP contribution >= 0.6 is 15.9 Å². The van der Waals surface area contributed by atoms with Crippen molar-refractivity contribution in [2.45, 2.75) is 30.8 Å². The molecule has 0 spiro atoms. The number of hydrogen-bond donors (Lipinski definition) is 0. The van der Waals surface area contributed by atoms with Gasteiger partial charge in [0.05, 0.1) is 23.7 Å². The van der Waals surface area contributed by atoms with Crippen LogP contribution in [0.15, 0.2) is 27.6 Å². The van der Waals surface area contributed by atoms with Crippen molar-refractivity contribution in [1.82, 2.24) is 9.21 Å². The van der Waals surface area contributed by atoms with E-state index in [9.17, 15) is 13.2 Å². The zero-order valence-corrected chi connectivity index (χ0v) is 17.8. The molecule has 27 heavy (non-hydrogen) atoms. The molecule has 2 saturated heterocycles. The van der Waals surface area contributed by atoms with Gasteiger partial charge in [0.1, 0.15) is 6.10 Å². The summed E-state index contributed by atoms with van der Waals surface area (Å²) >= 11 is 3.30. The Labute approximate surface area is 168 Å². The number of halogens is 1. The highest BCUT2D eigenvalue weighted by atomic mass is 79.9. The van der Waals surface area contributed by atoms with Gasteiger partial charge in [-0.25, -0.2) is 13.2 Å². The molecule has 0 aromatic heterocycles. The molecular weight excluding hydrogens is 436 g/mol. The van der Waals surface area contributed by atoms with Crippen molar-refractivity contribution in [2.24, 2.45) is 0 Å². The van der Waals surface area contributed by atoms with Crippen molar-refractivity contribution < 1.29 is 22.7 Å². The molecule has 150 valence electrons. The number of sulfonamides is 1. The van der Waals surface area contributed by atoms with Gasteiger partial charge in [-0.15, -0.1) is 0 Å². The maximum Gasteiger partial charge on any atom is 0.338 e. The van der Waals surface area contributed by atoms with E-state index in [-0.39, 0.29) is 16.6 Å². The molecule has 7 nitrogen and oxygen atoms in total. The van der Waals surface area contributed by atoms with E-state index >= 15 is 0 Å². The SMILES string of the molecule is CCN1CCCC(OC(=O)c2ccc(Br)c(S(=O)(=O)N3CCOCC3)c2)C1. The molecule has 1 aromatic carbocycles. The lowest BCUT2D eigenvalue weighted by molar-refractivity contribution is 0.00771. The van der Waals surface area contributed by atoms with Gasteiger partial charge in [-0.05, 0) is 60.1 Å². The second kappa shape index (κ2) is 9.00. The first kappa shape index (κ1) is 20.7. The maximum absolute atomic E-state index is 12.9. The van der Waals surface area contributed by atoms with Crippen LogP contribution in [-0.4, -0.2) is 75.6 Å². The van der Waals surface area contributed by atoms with Gasteiger partial charge in [-0.3, -0.25) is 4.90 Å². The predicted molar refractivity (Wildman–Crippen MR) is 104 cm³/mol. The first-order valence-electron chi connectivity index (χ1n) is 9.22. The van der Waals surface area contributed by atoms with Crippen LogP contribution in [0.1, 0.15) is 30.1 Å². The van der Waals surface area contributed by atoms with Crippen LogP contribution < -0.4 is 0 Å². The average molecular weight is 461 g/mol. The maximum atomic E-state index is 12.9. The van der Waals surface area contributed by atoms with Gasteiger partial charge in [0.15, 0.2) is 0 Å². The molecule has 2 aliphatic heterocycles. The van der Waals surface area contributed by atoms with E-state index in [0.717, 1.165) is 32.5 Å². The van der Waals surface area contributed by atoms with E-state index in [4.69, 9.17) is 9.47 Å². The Bertz CT molecular complexity index is 780. The zero-order valence-electron chi connectivity index (χ0n) is 15.4. The molecule has 2 fully saturated rings. The normalized spacial score (nSPS) is 22.5. The molecule has 9 heteroatoms. The van der Waals surface area contributed by atoms with Crippen molar-refractivity contribution in [1.29, 1.82) is 0 Å². The number of likely N-dealkylation sites (tertiary alicyclic amines) is 1. The van der Waals surface area contributed by atoms with Crippen molar-refractivity contribution in [3.05, 3.63) is 28.2 Å². The summed E-state index contributed by atoms with van der Waals surface area (Å²) in [6.07, 6.45) is 1.66. The molecule has 1 atom stereocenters. The smallest absolute Gasteiger partial charge is 0.338 e. The fraction of sp³-hybridized carbons (Fsp3) is 0.611. The number of ether oxygens (including phenoxy) is 2. The van der Waals surface area contributed by atoms with Crippen LogP contribution in [0.3, 0.4) is 0 Å². The lowest BCUT2D eigenvalue weighted by atomic mass is 10.1. The number of likely N-dealkylation sites (N-methyl/N-ethyl adjacent to an activating group) is 1. The van der Waals surface area contributed by atoms with Crippen LogP contribution in [0.25, 0.3) is 0 Å². The molecule has 2 aliphatic rings. The van der Waals surface area contributed by atoms with Crippen LogP contribution in [0.5, 0.6) is 0 Å². The van der Waals surface area contributed by atoms with Crippen LogP contribution in [0.2, 0.25) is 0 Å². The third-order valence-corrected chi connectivity index (χ3v) is 7.83. The van der Waals surface area contributed by atoms with E-state index in [1.165, 1.54) is 10.4 Å². The Kier molecular flexibility index (Phi) is 6.91. The third-order valence-electron chi connectivity index (χ3n) is 4.94. The van der Waals surface area contributed by atoms with E-state index in [0.29, 0.717) is 30.8 Å². The summed E-state index contributed by atoms with van der Waals surface area (Å²) in [4.78, 5) is 14.9. The molecule has 0 amide bonds. The van der Waals surface area contributed by atoms with Crippen molar-refractivity contribution >= 4 is 31.9 Å². The standard InChI is InChI=1S/C18H25BrN2O5S/c1-2-20-7-3-4-15(13-20)26-18(22)14-5-6-16(19)17(12-14)27(23,24)21-8-10-25-11-9-21/h5-6,12,15H,2-4,7-11,13H2,1H3. The lowest BCUT2D eigenvalue weighted by Gasteiger charge is -2.31. The van der Waals surface area contributed by atoms with Gasteiger partial charge >= 0.3 is 5.97 Å². The summed E-state index contributed by atoms with van der Waals surface area (Å²) in [5.74, 6) is -0.483. The lowest BCUT2D eigenvalue weighted by Crippen LogP contribution is -2.41. The van der Waals surface area contributed by atoms with E-state index in [2.05, 4.69) is 27.8 Å². The molecule has 0 N–H and O–H groups in total. The van der Waals surface area contributed by atoms with Gasteiger partial charge < -0.3 is 9.47 Å². The second-order valence-electron chi connectivity index (χ2n) is 6.72. The zero-order chi connectivity index (χ0) is 19.4. The number of carbonyl (C=O) groups excluding carboxylic acids is 1. The molecule has 0 aliphatic carbocycles. The fourth-order valence-corrected chi connectivity index (χ4v) is 5.73. The first-order chi connectivity index (χ1) is 12.9. The third kappa shape index (κ3) is 4.89. The van der Waals surface area contributed by atoms with Gasteiger partial charge in [-0.1, -0.05) is 6.92 Å². The van der Waals surface area contributed by atoms with Gasteiger partial charge in [0.25, 0.3) is 0 Å². The van der Waals surface area contributed by atoms with Crippen molar-refractivity contribution in [3.63, 3.8) is 0 Å². The number of benzene rings is 1. The Morgan fingerprint density at radius 2 is 2.04 bits per heavy atom. The van der Waals surface area contributed by atoms with E-state index in [1.807, 2.05) is 0 Å². The summed E-state index contributed by atoms with van der Waals surface area (Å²) in [6.45, 7) is 6.09. The van der Waals surface area contributed by atoms with Gasteiger partial charge in [0, 0.05) is 24.1 Å². The van der Waals surface area contributed by atoms with Crippen molar-refractivity contribution in [2.75, 3.05) is 45.9 Å². The predicted octanol–water partition coefficient (Wildman–Crippen LogP) is 2.11. The minimum atomic E-state index is -3.70. The number of esters is 1. The van der Waals surface area contributed by atoms with Crippen LogP contribution in [-0.2, 0) is 19.5 Å². The Balaban J connectivity index is 1.77. The van der Waals surface area contributed by atoms with E-state index < -0.39 is 16.0 Å². The van der Waals surface area contributed by atoms with Crippen LogP contribution in [0.4, 0.5) is 0 Å². The summed E-state index contributed by atoms with van der Waals surface area (Å²) in [7, 11) is -3.70. The number of morpholine rings is 1. The summed E-state index contributed by atoms with van der Waals surface area (Å²) in [5, 5.41) is 0. The Hall–Kier alpha value is -1.00. The highest BCUT2D eigenvalue weighted by Gasteiger charge is 2.30. The summed E-state index contributed by atoms with van der Waals surface area (Å²) < 4.78 is 38.6. The number of rotatable bonds is 5. The topological polar surface area (TPSA) is 76.2 Å². The Morgan fingerprint density at radius 3 is 2.74 bits per heavy atom. The summed E-state index contributed by atoms with van der Waals surface area (Å²) in [5.41, 5.74) is 0.249. The average Bonchev–Trinajstić information content (AvgIpc) is 2.69. The number of nitrogens with zero attached hydrogens (tertiary/aromatic N) is 2. The molecule has 0 bridgehead atoms. The minimum Gasteiger partial charge on any atom is -0.457 e. The van der Waals surface area contributed by atoms with Gasteiger partial charge in [0.2, 0.25) is 10.0 Å². The molecule has 2 heterocycles. The summed E-state index contributed by atoms with van der Waals surface area (Å²) in [6, 6.07) is 4.58. The monoisotopic (exact) mass is 460 g/mol. The highest BCUT2D eigenvalue weighted by molar-refractivity contribution is 9.10. The van der Waals surface area contributed by atoms with E-state index in [1.54, 1.807) is 12.1 Å². The Morgan fingerprint density at radius 1 is 1.30 bits per heavy atom. The van der Waals surface area contributed by atoms with Crippen LogP contribution in [0, 0.1) is 0 Å². The molecule has 1 unspecified atom stereocenters. The number of hydrogen-bond acceptors (Lipinski definition) is 6. The molecule has 0 saturated carbocycles. The molecular formula is C18H25BrN2O5S. The number of piperidine rings is 1. The quantitative estimate of drug-likeness (QED) is 0.626. The minimum absolute atomic E-state index is 0.0812. The number of carbonyl (C=O) groups is 1. The molecule has 1 aromatic rings.